The Morgan fingerprint density at radius 3 is 2.81 bits per heavy atom. The van der Waals surface area contributed by atoms with Crippen LogP contribution in [0.25, 0.3) is 0 Å². The molecule has 0 radical (unpaired) electrons. The highest BCUT2D eigenvalue weighted by molar-refractivity contribution is 5.77. The second-order valence-electron chi connectivity index (χ2n) is 4.08. The van der Waals surface area contributed by atoms with Gasteiger partial charge < -0.3 is 4.74 Å². The maximum Gasteiger partial charge on any atom is 0.329 e. The molecule has 1 saturated carbocycles. The van der Waals surface area contributed by atoms with Crippen LogP contribution < -0.4 is 0 Å². The van der Waals surface area contributed by atoms with Crippen LogP contribution in [0.5, 0.6) is 0 Å². The number of esters is 1. The van der Waals surface area contributed by atoms with E-state index in [0.29, 0.717) is 6.04 Å². The Balaban J connectivity index is 2.23. The number of likely N-dealkylation sites (N-methyl/N-ethyl adjacent to an activating group) is 1. The van der Waals surface area contributed by atoms with E-state index in [1.54, 1.807) is 6.20 Å². The van der Waals surface area contributed by atoms with Gasteiger partial charge in [-0.3, -0.25) is 9.88 Å². The summed E-state index contributed by atoms with van der Waals surface area (Å²) in [6.45, 7) is 0. The SMILES string of the molecule is COC(=O)C(c1ccccn1)N(C)C1CC1. The van der Waals surface area contributed by atoms with Crippen molar-refractivity contribution < 1.29 is 9.53 Å². The molecule has 0 saturated heterocycles. The summed E-state index contributed by atoms with van der Waals surface area (Å²) < 4.78 is 4.85. The molecule has 1 heterocycles. The number of methoxy groups -OCH3 is 1. The van der Waals surface area contributed by atoms with Gasteiger partial charge in [0.05, 0.1) is 12.8 Å². The molecule has 1 aromatic rings. The lowest BCUT2D eigenvalue weighted by molar-refractivity contribution is -0.147. The smallest absolute Gasteiger partial charge is 0.329 e. The monoisotopic (exact) mass is 220 g/mol. The number of aromatic nitrogens is 1. The van der Waals surface area contributed by atoms with Gasteiger partial charge in [0.1, 0.15) is 0 Å². The van der Waals surface area contributed by atoms with Gasteiger partial charge in [0.25, 0.3) is 0 Å². The third-order valence-corrected chi connectivity index (χ3v) is 2.92. The topological polar surface area (TPSA) is 42.4 Å². The minimum Gasteiger partial charge on any atom is -0.468 e. The highest BCUT2D eigenvalue weighted by Gasteiger charge is 2.36. The summed E-state index contributed by atoms with van der Waals surface area (Å²) in [5.41, 5.74) is 0.753. The molecular formula is C12H16N2O2. The fourth-order valence-electron chi connectivity index (χ4n) is 1.84. The van der Waals surface area contributed by atoms with Crippen LogP contribution in [0, 0.1) is 0 Å². The van der Waals surface area contributed by atoms with Crippen molar-refractivity contribution in [2.45, 2.75) is 24.9 Å². The zero-order valence-electron chi connectivity index (χ0n) is 9.59. The van der Waals surface area contributed by atoms with Crippen molar-refractivity contribution in [3.05, 3.63) is 30.1 Å². The van der Waals surface area contributed by atoms with Crippen molar-refractivity contribution in [1.82, 2.24) is 9.88 Å². The molecule has 1 aromatic heterocycles. The number of carbonyl (C=O) groups is 1. The molecule has 4 nitrogen and oxygen atoms in total. The van der Waals surface area contributed by atoms with Crippen LogP contribution in [0.3, 0.4) is 0 Å². The van der Waals surface area contributed by atoms with E-state index in [1.807, 2.05) is 30.1 Å². The lowest BCUT2D eigenvalue weighted by atomic mass is 10.1. The van der Waals surface area contributed by atoms with Gasteiger partial charge in [-0.25, -0.2) is 4.79 Å². The van der Waals surface area contributed by atoms with Crippen LogP contribution in [0.4, 0.5) is 0 Å². The largest absolute Gasteiger partial charge is 0.468 e. The molecule has 4 heteroatoms. The molecule has 1 aliphatic carbocycles. The van der Waals surface area contributed by atoms with Gasteiger partial charge in [0, 0.05) is 12.2 Å². The normalized spacial score (nSPS) is 17.2. The predicted molar refractivity (Wildman–Crippen MR) is 59.8 cm³/mol. The first-order chi connectivity index (χ1) is 7.74. The molecule has 2 rings (SSSR count). The average Bonchev–Trinajstić information content (AvgIpc) is 3.14. The summed E-state index contributed by atoms with van der Waals surface area (Å²) in [5, 5.41) is 0. The fraction of sp³-hybridized carbons (Fsp3) is 0.500. The summed E-state index contributed by atoms with van der Waals surface area (Å²) in [6.07, 6.45) is 4.00. The fourth-order valence-corrected chi connectivity index (χ4v) is 1.84. The Morgan fingerprint density at radius 1 is 1.56 bits per heavy atom. The first-order valence-electron chi connectivity index (χ1n) is 5.44. The Hall–Kier alpha value is -1.42. The molecular weight excluding hydrogens is 204 g/mol. The van der Waals surface area contributed by atoms with Crippen LogP contribution >= 0.6 is 0 Å². The summed E-state index contributed by atoms with van der Waals surface area (Å²) in [7, 11) is 3.37. The average molecular weight is 220 g/mol. The number of pyridine rings is 1. The van der Waals surface area contributed by atoms with Gasteiger partial charge in [0.15, 0.2) is 6.04 Å². The summed E-state index contributed by atoms with van der Waals surface area (Å²) in [4.78, 5) is 18.1. The quantitative estimate of drug-likeness (QED) is 0.719. The van der Waals surface area contributed by atoms with Crippen LogP contribution in [0.2, 0.25) is 0 Å². The Kier molecular flexibility index (Phi) is 3.19. The van der Waals surface area contributed by atoms with E-state index in [0.717, 1.165) is 18.5 Å². The highest BCUT2D eigenvalue weighted by Crippen LogP contribution is 2.32. The van der Waals surface area contributed by atoms with Crippen LogP contribution in [-0.4, -0.2) is 36.1 Å². The van der Waals surface area contributed by atoms with Crippen molar-refractivity contribution in [3.63, 3.8) is 0 Å². The lowest BCUT2D eigenvalue weighted by Crippen LogP contribution is -2.34. The second-order valence-corrected chi connectivity index (χ2v) is 4.08. The maximum absolute atomic E-state index is 11.8. The van der Waals surface area contributed by atoms with E-state index >= 15 is 0 Å². The van der Waals surface area contributed by atoms with Crippen LogP contribution in [0.15, 0.2) is 24.4 Å². The van der Waals surface area contributed by atoms with Crippen LogP contribution in [-0.2, 0) is 9.53 Å². The van der Waals surface area contributed by atoms with Crippen molar-refractivity contribution >= 4 is 5.97 Å². The predicted octanol–water partition coefficient (Wildman–Crippen LogP) is 1.39. The number of hydrogen-bond donors (Lipinski definition) is 0. The first-order valence-corrected chi connectivity index (χ1v) is 5.44. The van der Waals surface area contributed by atoms with Crippen molar-refractivity contribution in [3.8, 4) is 0 Å². The van der Waals surface area contributed by atoms with E-state index in [4.69, 9.17) is 4.74 Å². The van der Waals surface area contributed by atoms with Gasteiger partial charge in [-0.05, 0) is 32.0 Å². The summed E-state index contributed by atoms with van der Waals surface area (Å²) in [6, 6.07) is 5.71. The number of rotatable bonds is 4. The molecule has 0 N–H and O–H groups in total. The molecule has 1 unspecified atom stereocenters. The van der Waals surface area contributed by atoms with Crippen molar-refractivity contribution in [2.75, 3.05) is 14.2 Å². The first kappa shape index (κ1) is 11.1. The zero-order valence-corrected chi connectivity index (χ0v) is 9.59. The molecule has 0 amide bonds. The van der Waals surface area contributed by atoms with Gasteiger partial charge in [-0.15, -0.1) is 0 Å². The van der Waals surface area contributed by atoms with E-state index in [-0.39, 0.29) is 12.0 Å². The molecule has 0 aromatic carbocycles. The molecule has 1 fully saturated rings. The third-order valence-electron chi connectivity index (χ3n) is 2.92. The number of ether oxygens (including phenoxy) is 1. The minimum atomic E-state index is -0.376. The van der Waals surface area contributed by atoms with Crippen molar-refractivity contribution in [1.29, 1.82) is 0 Å². The standard InChI is InChI=1S/C12H16N2O2/c1-14(9-6-7-9)11(12(15)16-2)10-5-3-4-8-13-10/h3-5,8-9,11H,6-7H2,1-2H3. The Morgan fingerprint density at radius 2 is 2.31 bits per heavy atom. The van der Waals surface area contributed by atoms with Gasteiger partial charge in [-0.1, -0.05) is 6.07 Å². The van der Waals surface area contributed by atoms with Crippen LogP contribution in [0.1, 0.15) is 24.6 Å². The molecule has 0 aliphatic heterocycles. The molecule has 1 atom stereocenters. The molecule has 0 bridgehead atoms. The van der Waals surface area contributed by atoms with Gasteiger partial charge in [0.2, 0.25) is 0 Å². The van der Waals surface area contributed by atoms with E-state index < -0.39 is 0 Å². The van der Waals surface area contributed by atoms with Crippen molar-refractivity contribution in [2.24, 2.45) is 0 Å². The maximum atomic E-state index is 11.8. The zero-order chi connectivity index (χ0) is 11.5. The Bertz CT molecular complexity index is 363. The molecule has 1 aliphatic rings. The van der Waals surface area contributed by atoms with Gasteiger partial charge >= 0.3 is 5.97 Å². The van der Waals surface area contributed by atoms with E-state index in [9.17, 15) is 4.79 Å². The number of carbonyl (C=O) groups excluding carboxylic acids is 1. The summed E-state index contributed by atoms with van der Waals surface area (Å²) in [5.74, 6) is -0.242. The molecule has 0 spiro atoms. The lowest BCUT2D eigenvalue weighted by Gasteiger charge is -2.25. The third kappa shape index (κ3) is 2.22. The number of nitrogens with zero attached hydrogens (tertiary/aromatic N) is 2. The Labute approximate surface area is 95.2 Å². The number of hydrogen-bond acceptors (Lipinski definition) is 4. The molecule has 86 valence electrons. The highest BCUT2D eigenvalue weighted by atomic mass is 16.5. The van der Waals surface area contributed by atoms with Gasteiger partial charge in [-0.2, -0.15) is 0 Å². The summed E-state index contributed by atoms with van der Waals surface area (Å²) >= 11 is 0. The van der Waals surface area contributed by atoms with E-state index in [1.165, 1.54) is 7.11 Å². The molecule has 16 heavy (non-hydrogen) atoms. The second kappa shape index (κ2) is 4.61. The minimum absolute atomic E-state index is 0.242. The van der Waals surface area contributed by atoms with E-state index in [2.05, 4.69) is 4.98 Å².